The smallest absolute Gasteiger partial charge is 0.276 e. The van der Waals surface area contributed by atoms with E-state index in [0.29, 0.717) is 0 Å². The summed E-state index contributed by atoms with van der Waals surface area (Å²) in [5.41, 5.74) is 4.95. The first-order chi connectivity index (χ1) is 7.46. The van der Waals surface area contributed by atoms with E-state index >= 15 is 0 Å². The molecule has 0 aliphatic heterocycles. The molecule has 0 aromatic carbocycles. The van der Waals surface area contributed by atoms with Crippen molar-refractivity contribution in [3.8, 4) is 0 Å². The van der Waals surface area contributed by atoms with E-state index in [4.69, 9.17) is 5.73 Å². The lowest BCUT2D eigenvalue weighted by atomic mass is 10.5. The molecule has 0 atom stereocenters. The fraction of sp³-hybridized carbons (Fsp3) is 0.500. The van der Waals surface area contributed by atoms with Gasteiger partial charge in [0.15, 0.2) is 15.7 Å². The van der Waals surface area contributed by atoms with Crippen molar-refractivity contribution in [1.82, 2.24) is 9.97 Å². The predicted molar refractivity (Wildman–Crippen MR) is 62.1 cm³/mol. The molecule has 0 aliphatic rings. The van der Waals surface area contributed by atoms with Crippen molar-refractivity contribution in [3.05, 3.63) is 16.7 Å². The number of rotatable bonds is 5. The summed E-state index contributed by atoms with van der Waals surface area (Å²) in [6, 6.07) is 0. The lowest BCUT2D eigenvalue weighted by Crippen LogP contribution is -2.21. The Balaban J connectivity index is 2.63. The fourth-order valence-electron chi connectivity index (χ4n) is 1.02. The number of nitrogens with one attached hydrogen (secondary N) is 2. The zero-order valence-electron chi connectivity index (χ0n) is 8.86. The molecule has 1 heterocycles. The van der Waals surface area contributed by atoms with Gasteiger partial charge in [-0.25, -0.2) is 13.4 Å². The molecule has 0 bridgehead atoms. The van der Waals surface area contributed by atoms with Gasteiger partial charge < -0.3 is 16.0 Å². The number of aromatic nitrogens is 2. The number of hydrogen-bond donors (Lipinski definition) is 3. The molecule has 7 nitrogen and oxygen atoms in total. The van der Waals surface area contributed by atoms with Gasteiger partial charge in [0.05, 0.1) is 12.1 Å². The van der Waals surface area contributed by atoms with Gasteiger partial charge >= 0.3 is 0 Å². The first-order valence-electron chi connectivity index (χ1n) is 4.73. The summed E-state index contributed by atoms with van der Waals surface area (Å²) in [7, 11) is -3.03. The van der Waals surface area contributed by atoms with Crippen molar-refractivity contribution in [2.45, 2.75) is 6.92 Å². The average molecular weight is 246 g/mol. The van der Waals surface area contributed by atoms with E-state index in [1.54, 1.807) is 6.92 Å². The van der Waals surface area contributed by atoms with Crippen LogP contribution in [0.1, 0.15) is 6.92 Å². The van der Waals surface area contributed by atoms with Gasteiger partial charge in [-0.05, 0) is 0 Å². The van der Waals surface area contributed by atoms with Crippen LogP contribution in [-0.2, 0) is 9.84 Å². The molecule has 0 amide bonds. The van der Waals surface area contributed by atoms with Gasteiger partial charge in [0.25, 0.3) is 5.56 Å². The highest BCUT2D eigenvalue weighted by molar-refractivity contribution is 7.91. The summed E-state index contributed by atoms with van der Waals surface area (Å²) < 4.78 is 22.4. The maximum absolute atomic E-state index is 11.2. The summed E-state index contributed by atoms with van der Waals surface area (Å²) in [4.78, 5) is 17.2. The Morgan fingerprint density at radius 2 is 2.25 bits per heavy atom. The number of hydrogen-bond acceptors (Lipinski definition) is 6. The molecule has 0 aliphatic carbocycles. The summed E-state index contributed by atoms with van der Waals surface area (Å²) in [6.45, 7) is 1.76. The van der Waals surface area contributed by atoms with Crippen LogP contribution in [0.25, 0.3) is 0 Å². The van der Waals surface area contributed by atoms with Crippen LogP contribution < -0.4 is 16.6 Å². The van der Waals surface area contributed by atoms with E-state index in [1.807, 2.05) is 0 Å². The molecule has 1 rings (SSSR count). The lowest BCUT2D eigenvalue weighted by molar-refractivity contribution is 0.597. The van der Waals surface area contributed by atoms with Crippen LogP contribution in [0.5, 0.6) is 0 Å². The minimum atomic E-state index is -3.03. The Hall–Kier alpha value is -1.57. The number of sulfone groups is 1. The number of nitrogen functional groups attached to an aromatic ring is 1. The highest BCUT2D eigenvalue weighted by Gasteiger charge is 2.08. The number of nitrogens with two attached hydrogens (primary N) is 1. The molecule has 1 aromatic heterocycles. The van der Waals surface area contributed by atoms with Crippen LogP contribution >= 0.6 is 0 Å². The van der Waals surface area contributed by atoms with Crippen molar-refractivity contribution in [3.63, 3.8) is 0 Å². The Kier molecular flexibility index (Phi) is 3.88. The van der Waals surface area contributed by atoms with Gasteiger partial charge in [-0.3, -0.25) is 4.79 Å². The van der Waals surface area contributed by atoms with E-state index in [1.165, 1.54) is 6.33 Å². The first-order valence-corrected chi connectivity index (χ1v) is 6.56. The van der Waals surface area contributed by atoms with Crippen LogP contribution in [0.4, 0.5) is 11.5 Å². The van der Waals surface area contributed by atoms with Gasteiger partial charge in [0.1, 0.15) is 5.69 Å². The van der Waals surface area contributed by atoms with Crippen molar-refractivity contribution in [2.75, 3.05) is 29.1 Å². The monoisotopic (exact) mass is 246 g/mol. The Labute approximate surface area is 93.0 Å². The van der Waals surface area contributed by atoms with E-state index in [-0.39, 0.29) is 29.6 Å². The van der Waals surface area contributed by atoms with Crippen LogP contribution in [0.15, 0.2) is 11.1 Å². The van der Waals surface area contributed by atoms with Crippen LogP contribution in [0.3, 0.4) is 0 Å². The summed E-state index contributed by atoms with van der Waals surface area (Å²) >= 11 is 0. The van der Waals surface area contributed by atoms with Crippen molar-refractivity contribution in [2.24, 2.45) is 0 Å². The van der Waals surface area contributed by atoms with Crippen molar-refractivity contribution in [1.29, 1.82) is 0 Å². The van der Waals surface area contributed by atoms with E-state index in [0.717, 1.165) is 0 Å². The molecular weight excluding hydrogens is 232 g/mol. The summed E-state index contributed by atoms with van der Waals surface area (Å²) in [6.07, 6.45) is 1.20. The van der Waals surface area contributed by atoms with Gasteiger partial charge in [-0.1, -0.05) is 6.92 Å². The zero-order valence-corrected chi connectivity index (χ0v) is 9.67. The highest BCUT2D eigenvalue weighted by Crippen LogP contribution is 2.06. The summed E-state index contributed by atoms with van der Waals surface area (Å²) in [5, 5.41) is 2.71. The molecule has 1 aromatic rings. The third kappa shape index (κ3) is 3.23. The second-order valence-electron chi connectivity index (χ2n) is 3.16. The van der Waals surface area contributed by atoms with Crippen LogP contribution in [0, 0.1) is 0 Å². The van der Waals surface area contributed by atoms with Crippen molar-refractivity contribution >= 4 is 21.3 Å². The SMILES string of the molecule is CCS(=O)(=O)CCNc1nc[nH]c(=O)c1N. The maximum Gasteiger partial charge on any atom is 0.276 e. The van der Waals surface area contributed by atoms with Gasteiger partial charge in [0.2, 0.25) is 0 Å². The Morgan fingerprint density at radius 3 is 2.88 bits per heavy atom. The lowest BCUT2D eigenvalue weighted by Gasteiger charge is -2.06. The van der Waals surface area contributed by atoms with E-state index in [2.05, 4.69) is 15.3 Å². The fourth-order valence-corrected chi connectivity index (χ4v) is 1.72. The van der Waals surface area contributed by atoms with Gasteiger partial charge in [0, 0.05) is 12.3 Å². The Bertz CT molecular complexity index is 508. The van der Waals surface area contributed by atoms with Crippen LogP contribution in [-0.4, -0.2) is 36.4 Å². The molecule has 4 N–H and O–H groups in total. The standard InChI is InChI=1S/C8H14N4O3S/c1-2-16(14,15)4-3-10-7-6(9)8(13)12-5-11-7/h5H,2-4,9H2,1H3,(H2,10,11,12,13). The van der Waals surface area contributed by atoms with E-state index in [9.17, 15) is 13.2 Å². The number of aromatic amines is 1. The molecule has 0 spiro atoms. The van der Waals surface area contributed by atoms with Crippen molar-refractivity contribution < 1.29 is 8.42 Å². The molecule has 0 fully saturated rings. The first kappa shape index (κ1) is 12.5. The third-order valence-corrected chi connectivity index (χ3v) is 3.74. The Morgan fingerprint density at radius 1 is 1.56 bits per heavy atom. The second kappa shape index (κ2) is 4.97. The summed E-state index contributed by atoms with van der Waals surface area (Å²) in [5.74, 6) is 0.278. The highest BCUT2D eigenvalue weighted by atomic mass is 32.2. The number of nitrogens with zero attached hydrogens (tertiary/aromatic N) is 1. The number of H-pyrrole nitrogens is 1. The van der Waals surface area contributed by atoms with E-state index < -0.39 is 15.4 Å². The molecule has 0 unspecified atom stereocenters. The van der Waals surface area contributed by atoms with Crippen LogP contribution in [0.2, 0.25) is 0 Å². The predicted octanol–water partition coefficient (Wildman–Crippen LogP) is -0.801. The zero-order chi connectivity index (χ0) is 12.2. The second-order valence-corrected chi connectivity index (χ2v) is 5.63. The molecule has 0 radical (unpaired) electrons. The minimum Gasteiger partial charge on any atom is -0.391 e. The quantitative estimate of drug-likeness (QED) is 0.626. The van der Waals surface area contributed by atoms with Gasteiger partial charge in [-0.2, -0.15) is 0 Å². The van der Waals surface area contributed by atoms with Gasteiger partial charge in [-0.15, -0.1) is 0 Å². The maximum atomic E-state index is 11.2. The third-order valence-electron chi connectivity index (χ3n) is 2.03. The minimum absolute atomic E-state index is 0.0164. The molecule has 8 heteroatoms. The molecule has 0 saturated carbocycles. The number of anilines is 2. The normalized spacial score (nSPS) is 11.3. The molecule has 90 valence electrons. The largest absolute Gasteiger partial charge is 0.391 e. The topological polar surface area (TPSA) is 118 Å². The average Bonchev–Trinajstić information content (AvgIpc) is 2.24. The molecule has 0 saturated heterocycles. The molecule has 16 heavy (non-hydrogen) atoms. The molecular formula is C8H14N4O3S.